The Hall–Kier alpha value is -1.28. The van der Waals surface area contributed by atoms with Crippen LogP contribution < -0.4 is 4.74 Å². The Balaban J connectivity index is 1.53. The first kappa shape index (κ1) is 19.1. The molecule has 1 fully saturated rings. The quantitative estimate of drug-likeness (QED) is 0.234. The molecule has 24 heavy (non-hydrogen) atoms. The van der Waals surface area contributed by atoms with E-state index in [9.17, 15) is 0 Å². The van der Waals surface area contributed by atoms with Gasteiger partial charge in [-0.25, -0.2) is 0 Å². The summed E-state index contributed by atoms with van der Waals surface area (Å²) in [4.78, 5) is 0. The van der Waals surface area contributed by atoms with Gasteiger partial charge in [0, 0.05) is 0 Å². The number of unbranched alkanes of at least 4 members (excludes halogenated alkanes) is 8. The summed E-state index contributed by atoms with van der Waals surface area (Å²) in [5, 5.41) is 0. The lowest BCUT2D eigenvalue weighted by molar-refractivity contribution is 0.261. The fourth-order valence-electron chi connectivity index (χ4n) is 2.88. The minimum absolute atomic E-state index is 0.315. The van der Waals surface area contributed by atoms with Crippen molar-refractivity contribution in [1.82, 2.24) is 0 Å². The van der Waals surface area contributed by atoms with E-state index in [0.29, 0.717) is 12.7 Å². The Bertz CT molecular complexity index is 463. The average Bonchev–Trinajstić information content (AvgIpc) is 3.43. The number of ether oxygens (including phenoxy) is 2. The van der Waals surface area contributed by atoms with Crippen molar-refractivity contribution in [3.8, 4) is 5.75 Å². The highest BCUT2D eigenvalue weighted by Crippen LogP contribution is 2.21. The van der Waals surface area contributed by atoms with Crippen molar-refractivity contribution in [2.45, 2.75) is 77.2 Å². The van der Waals surface area contributed by atoms with Crippen LogP contribution in [0.1, 0.15) is 70.3 Å². The first-order valence-electron chi connectivity index (χ1n) is 9.87. The maximum Gasteiger partial charge on any atom is 0.122 e. The van der Waals surface area contributed by atoms with Gasteiger partial charge >= 0.3 is 0 Å². The van der Waals surface area contributed by atoms with Gasteiger partial charge in [0.1, 0.15) is 18.5 Å². The molecule has 2 nitrogen and oxygen atoms in total. The lowest BCUT2D eigenvalue weighted by Crippen LogP contribution is -2.05. The standard InChI is InChI=1S/C22H34O2/c1-2-3-4-5-6-7-8-9-10-11-12-15-20-16-13-14-17-22(20)24-19-21-18-23-21/h11-14,16-17,21H,2-10,15,18-19H2,1H3/b12-11+. The summed E-state index contributed by atoms with van der Waals surface area (Å²) in [7, 11) is 0. The number of benzene rings is 1. The fourth-order valence-corrected chi connectivity index (χ4v) is 2.88. The minimum atomic E-state index is 0.315. The van der Waals surface area contributed by atoms with Gasteiger partial charge in [0.15, 0.2) is 0 Å². The van der Waals surface area contributed by atoms with Crippen LogP contribution >= 0.6 is 0 Å². The Morgan fingerprint density at radius 1 is 1.00 bits per heavy atom. The highest BCUT2D eigenvalue weighted by atomic mass is 16.6. The summed E-state index contributed by atoms with van der Waals surface area (Å²) in [6.07, 6.45) is 18.2. The first-order chi connectivity index (χ1) is 11.9. The monoisotopic (exact) mass is 330 g/mol. The van der Waals surface area contributed by atoms with Crippen molar-refractivity contribution in [3.63, 3.8) is 0 Å². The smallest absolute Gasteiger partial charge is 0.122 e. The molecule has 2 rings (SSSR count). The topological polar surface area (TPSA) is 21.8 Å². The molecule has 134 valence electrons. The lowest BCUT2D eigenvalue weighted by atomic mass is 10.1. The van der Waals surface area contributed by atoms with Gasteiger partial charge in [0.25, 0.3) is 0 Å². The van der Waals surface area contributed by atoms with Gasteiger partial charge in [-0.05, 0) is 30.9 Å². The van der Waals surface area contributed by atoms with Gasteiger partial charge in [0.2, 0.25) is 0 Å². The molecular weight excluding hydrogens is 296 g/mol. The SMILES string of the molecule is CCCCCCCCCC/C=C/Cc1ccccc1OCC1CO1. The second-order valence-corrected chi connectivity index (χ2v) is 6.81. The van der Waals surface area contributed by atoms with Crippen LogP contribution in [0.4, 0.5) is 0 Å². The molecule has 0 saturated carbocycles. The van der Waals surface area contributed by atoms with Crippen molar-refractivity contribution in [2.24, 2.45) is 0 Å². The molecule has 0 amide bonds. The Kier molecular flexibility index (Phi) is 9.63. The molecular formula is C22H34O2. The van der Waals surface area contributed by atoms with Gasteiger partial charge in [-0.15, -0.1) is 0 Å². The molecule has 1 heterocycles. The van der Waals surface area contributed by atoms with Crippen LogP contribution in [-0.4, -0.2) is 19.3 Å². The zero-order valence-corrected chi connectivity index (χ0v) is 15.3. The predicted octanol–water partition coefficient (Wildman–Crippen LogP) is 6.09. The molecule has 0 aliphatic carbocycles. The van der Waals surface area contributed by atoms with E-state index < -0.39 is 0 Å². The third-order valence-electron chi connectivity index (χ3n) is 4.53. The van der Waals surface area contributed by atoms with Crippen LogP contribution in [0.2, 0.25) is 0 Å². The van der Waals surface area contributed by atoms with Gasteiger partial charge in [0.05, 0.1) is 6.61 Å². The minimum Gasteiger partial charge on any atom is -0.490 e. The van der Waals surface area contributed by atoms with E-state index in [4.69, 9.17) is 9.47 Å². The van der Waals surface area contributed by atoms with Crippen LogP contribution in [0.25, 0.3) is 0 Å². The third kappa shape index (κ3) is 8.54. The van der Waals surface area contributed by atoms with Crippen molar-refractivity contribution in [1.29, 1.82) is 0 Å². The predicted molar refractivity (Wildman–Crippen MR) is 102 cm³/mol. The van der Waals surface area contributed by atoms with E-state index in [-0.39, 0.29) is 0 Å². The van der Waals surface area contributed by atoms with E-state index in [1.54, 1.807) is 0 Å². The molecule has 0 aromatic heterocycles. The van der Waals surface area contributed by atoms with Crippen LogP contribution in [-0.2, 0) is 11.2 Å². The van der Waals surface area contributed by atoms with Crippen molar-refractivity contribution >= 4 is 0 Å². The van der Waals surface area contributed by atoms with Crippen molar-refractivity contribution < 1.29 is 9.47 Å². The molecule has 1 saturated heterocycles. The summed E-state index contributed by atoms with van der Waals surface area (Å²) in [5.41, 5.74) is 1.27. The highest BCUT2D eigenvalue weighted by molar-refractivity contribution is 5.34. The average molecular weight is 331 g/mol. The van der Waals surface area contributed by atoms with Gasteiger partial charge in [-0.3, -0.25) is 0 Å². The van der Waals surface area contributed by atoms with Crippen molar-refractivity contribution in [2.75, 3.05) is 13.2 Å². The van der Waals surface area contributed by atoms with Crippen LogP contribution in [0, 0.1) is 0 Å². The molecule has 0 bridgehead atoms. The molecule has 0 radical (unpaired) electrons. The summed E-state index contributed by atoms with van der Waals surface area (Å²) < 4.78 is 11.1. The molecule has 1 aliphatic rings. The van der Waals surface area contributed by atoms with Crippen molar-refractivity contribution in [3.05, 3.63) is 42.0 Å². The van der Waals surface area contributed by atoms with E-state index in [1.807, 2.05) is 6.07 Å². The second-order valence-electron chi connectivity index (χ2n) is 6.81. The molecule has 1 aromatic rings. The van der Waals surface area contributed by atoms with Gasteiger partial charge in [-0.2, -0.15) is 0 Å². The molecule has 1 atom stereocenters. The maximum absolute atomic E-state index is 5.85. The number of epoxide rings is 1. The second kappa shape index (κ2) is 12.1. The fraction of sp³-hybridized carbons (Fsp3) is 0.636. The zero-order chi connectivity index (χ0) is 16.9. The number of allylic oxidation sites excluding steroid dienone is 2. The summed E-state index contributed by atoms with van der Waals surface area (Å²) in [6, 6.07) is 8.34. The molecule has 0 N–H and O–H groups in total. The highest BCUT2D eigenvalue weighted by Gasteiger charge is 2.23. The van der Waals surface area contributed by atoms with Crippen LogP contribution in [0.15, 0.2) is 36.4 Å². The summed E-state index contributed by atoms with van der Waals surface area (Å²) >= 11 is 0. The first-order valence-corrected chi connectivity index (χ1v) is 9.87. The Labute approximate surface area is 148 Å². The normalized spacial score (nSPS) is 16.6. The number of rotatable bonds is 14. The number of hydrogen-bond acceptors (Lipinski definition) is 2. The van der Waals surface area contributed by atoms with Crippen LogP contribution in [0.3, 0.4) is 0 Å². The van der Waals surface area contributed by atoms with E-state index in [0.717, 1.165) is 18.8 Å². The van der Waals surface area contributed by atoms with E-state index in [1.165, 1.54) is 63.4 Å². The zero-order valence-electron chi connectivity index (χ0n) is 15.3. The molecule has 0 spiro atoms. The van der Waals surface area contributed by atoms with E-state index in [2.05, 4.69) is 37.3 Å². The molecule has 1 aliphatic heterocycles. The van der Waals surface area contributed by atoms with Gasteiger partial charge < -0.3 is 9.47 Å². The molecule has 2 heteroatoms. The lowest BCUT2D eigenvalue weighted by Gasteiger charge is -2.08. The number of hydrogen-bond donors (Lipinski definition) is 0. The number of para-hydroxylation sites is 1. The Morgan fingerprint density at radius 3 is 2.46 bits per heavy atom. The summed E-state index contributed by atoms with van der Waals surface area (Å²) in [5.74, 6) is 1.00. The maximum atomic E-state index is 5.85. The van der Waals surface area contributed by atoms with E-state index >= 15 is 0 Å². The third-order valence-corrected chi connectivity index (χ3v) is 4.53. The van der Waals surface area contributed by atoms with Crippen LogP contribution in [0.5, 0.6) is 5.75 Å². The largest absolute Gasteiger partial charge is 0.490 e. The Morgan fingerprint density at radius 2 is 1.71 bits per heavy atom. The summed E-state index contributed by atoms with van der Waals surface area (Å²) in [6.45, 7) is 3.80. The molecule has 1 unspecified atom stereocenters. The van der Waals surface area contributed by atoms with Gasteiger partial charge in [-0.1, -0.05) is 82.2 Å². The molecule has 1 aromatic carbocycles.